The second-order valence-corrected chi connectivity index (χ2v) is 6.85. The normalized spacial score (nSPS) is 10.8. The fraction of sp³-hybridized carbons (Fsp3) is 0.412. The zero-order valence-electron chi connectivity index (χ0n) is 15.2. The van der Waals surface area contributed by atoms with Gasteiger partial charge in [0.15, 0.2) is 5.96 Å². The molecule has 0 bridgehead atoms. The van der Waals surface area contributed by atoms with Gasteiger partial charge in [0, 0.05) is 50.0 Å². The quantitative estimate of drug-likeness (QED) is 0.353. The van der Waals surface area contributed by atoms with Gasteiger partial charge in [-0.2, -0.15) is 0 Å². The Labute approximate surface area is 175 Å². The summed E-state index contributed by atoms with van der Waals surface area (Å²) in [5, 5.41) is 7.18. The van der Waals surface area contributed by atoms with Gasteiger partial charge in [0.1, 0.15) is 5.01 Å². The SMILES string of the molecule is CN=C(NCC(=O)N(C)CCc1ccccn1)NCc1ncc(C)s1.I. The van der Waals surface area contributed by atoms with Gasteiger partial charge >= 0.3 is 0 Å². The third-order valence-corrected chi connectivity index (χ3v) is 4.47. The third kappa shape index (κ3) is 7.65. The predicted octanol–water partition coefficient (Wildman–Crippen LogP) is 1.83. The van der Waals surface area contributed by atoms with E-state index >= 15 is 0 Å². The molecule has 7 nitrogen and oxygen atoms in total. The van der Waals surface area contributed by atoms with Crippen molar-refractivity contribution in [1.82, 2.24) is 25.5 Å². The molecule has 0 unspecified atom stereocenters. The number of halogens is 1. The fourth-order valence-electron chi connectivity index (χ4n) is 2.11. The molecule has 0 spiro atoms. The van der Waals surface area contributed by atoms with Crippen LogP contribution in [0.4, 0.5) is 0 Å². The van der Waals surface area contributed by atoms with E-state index in [2.05, 4.69) is 25.6 Å². The summed E-state index contributed by atoms with van der Waals surface area (Å²) >= 11 is 1.64. The second kappa shape index (κ2) is 11.8. The monoisotopic (exact) mass is 488 g/mol. The molecule has 2 N–H and O–H groups in total. The van der Waals surface area contributed by atoms with Crippen LogP contribution in [0.15, 0.2) is 35.6 Å². The number of nitrogens with one attached hydrogen (secondary N) is 2. The smallest absolute Gasteiger partial charge is 0.241 e. The minimum atomic E-state index is 0. The standard InChI is InChI=1S/C17H24N6OS.HI/c1-13-10-20-15(25-13)11-21-17(18-2)22-12-16(24)23(3)9-7-14-6-4-5-8-19-14;/h4-6,8,10H,7,9,11-12H2,1-3H3,(H2,18,21,22);1H. The highest BCUT2D eigenvalue weighted by molar-refractivity contribution is 14.0. The van der Waals surface area contributed by atoms with E-state index in [-0.39, 0.29) is 36.4 Å². The number of aliphatic imine (C=N–C) groups is 1. The Morgan fingerprint density at radius 2 is 2.12 bits per heavy atom. The molecule has 0 aliphatic rings. The molecule has 0 radical (unpaired) electrons. The largest absolute Gasteiger partial charge is 0.350 e. The van der Waals surface area contributed by atoms with E-state index in [1.54, 1.807) is 36.5 Å². The molecule has 0 aliphatic heterocycles. The van der Waals surface area contributed by atoms with Gasteiger partial charge in [0.25, 0.3) is 0 Å². The van der Waals surface area contributed by atoms with Gasteiger partial charge in [-0.05, 0) is 19.1 Å². The Hall–Kier alpha value is -1.75. The molecule has 9 heteroatoms. The maximum Gasteiger partial charge on any atom is 0.241 e. The lowest BCUT2D eigenvalue weighted by molar-refractivity contribution is -0.128. The van der Waals surface area contributed by atoms with Crippen LogP contribution in [-0.4, -0.2) is 53.9 Å². The van der Waals surface area contributed by atoms with Crippen molar-refractivity contribution in [2.24, 2.45) is 4.99 Å². The van der Waals surface area contributed by atoms with Crippen LogP contribution in [0.3, 0.4) is 0 Å². The van der Waals surface area contributed by atoms with Crippen molar-refractivity contribution < 1.29 is 4.79 Å². The molecule has 2 rings (SSSR count). The van der Waals surface area contributed by atoms with Gasteiger partial charge in [-0.1, -0.05) is 6.07 Å². The summed E-state index contributed by atoms with van der Waals surface area (Å²) < 4.78 is 0. The van der Waals surface area contributed by atoms with Gasteiger partial charge in [0.2, 0.25) is 5.91 Å². The predicted molar refractivity (Wildman–Crippen MR) is 116 cm³/mol. The highest BCUT2D eigenvalue weighted by atomic mass is 127. The van der Waals surface area contributed by atoms with Crippen LogP contribution in [0.2, 0.25) is 0 Å². The van der Waals surface area contributed by atoms with E-state index in [1.807, 2.05) is 31.3 Å². The van der Waals surface area contributed by atoms with Crippen molar-refractivity contribution in [1.29, 1.82) is 0 Å². The maximum atomic E-state index is 12.2. The van der Waals surface area contributed by atoms with E-state index in [1.165, 1.54) is 4.88 Å². The third-order valence-electron chi connectivity index (χ3n) is 3.56. The average molecular weight is 488 g/mol. The highest BCUT2D eigenvalue weighted by Crippen LogP contribution is 2.10. The molecule has 0 saturated carbocycles. The number of likely N-dealkylation sites (N-methyl/N-ethyl adjacent to an activating group) is 1. The minimum Gasteiger partial charge on any atom is -0.350 e. The summed E-state index contributed by atoms with van der Waals surface area (Å²) in [6, 6.07) is 5.79. The molecule has 0 fully saturated rings. The van der Waals surface area contributed by atoms with E-state index in [9.17, 15) is 4.79 Å². The minimum absolute atomic E-state index is 0. The lowest BCUT2D eigenvalue weighted by atomic mass is 10.2. The number of carbonyl (C=O) groups is 1. The van der Waals surface area contributed by atoms with E-state index < -0.39 is 0 Å². The average Bonchev–Trinajstić information content (AvgIpc) is 3.05. The van der Waals surface area contributed by atoms with Crippen molar-refractivity contribution in [3.05, 3.63) is 46.2 Å². The summed E-state index contributed by atoms with van der Waals surface area (Å²) in [5.41, 5.74) is 0.978. The van der Waals surface area contributed by atoms with Crippen LogP contribution in [0, 0.1) is 6.92 Å². The Bertz CT molecular complexity index is 706. The Morgan fingerprint density at radius 1 is 1.31 bits per heavy atom. The number of hydrogen-bond acceptors (Lipinski definition) is 5. The van der Waals surface area contributed by atoms with E-state index in [0.29, 0.717) is 19.0 Å². The van der Waals surface area contributed by atoms with Gasteiger partial charge in [-0.15, -0.1) is 35.3 Å². The lowest BCUT2D eigenvalue weighted by Gasteiger charge is -2.18. The van der Waals surface area contributed by atoms with Crippen molar-refractivity contribution in [2.45, 2.75) is 19.9 Å². The molecule has 2 aromatic heterocycles. The number of nitrogens with zero attached hydrogens (tertiary/aromatic N) is 4. The van der Waals surface area contributed by atoms with Gasteiger partial charge < -0.3 is 15.5 Å². The molecule has 26 heavy (non-hydrogen) atoms. The molecule has 2 heterocycles. The van der Waals surface area contributed by atoms with Gasteiger partial charge in [-0.3, -0.25) is 14.8 Å². The molecule has 0 saturated heterocycles. The fourth-order valence-corrected chi connectivity index (χ4v) is 2.84. The molecule has 2 aromatic rings. The summed E-state index contributed by atoms with van der Waals surface area (Å²) in [7, 11) is 3.47. The topological polar surface area (TPSA) is 82.5 Å². The first-order valence-corrected chi connectivity index (χ1v) is 8.90. The number of guanidine groups is 1. The summed E-state index contributed by atoms with van der Waals surface area (Å²) in [5.74, 6) is 0.586. The van der Waals surface area contributed by atoms with Crippen LogP contribution >= 0.6 is 35.3 Å². The molecule has 1 amide bonds. The number of pyridine rings is 1. The van der Waals surface area contributed by atoms with Gasteiger partial charge in [0.05, 0.1) is 13.1 Å². The number of aryl methyl sites for hydroxylation is 1. The van der Waals surface area contributed by atoms with Crippen LogP contribution in [-0.2, 0) is 17.8 Å². The Morgan fingerprint density at radius 3 is 2.73 bits per heavy atom. The molecular formula is C17H25IN6OS. The van der Waals surface area contributed by atoms with Crippen molar-refractivity contribution in [2.75, 3.05) is 27.2 Å². The van der Waals surface area contributed by atoms with Crippen molar-refractivity contribution in [3.63, 3.8) is 0 Å². The second-order valence-electron chi connectivity index (χ2n) is 5.53. The number of rotatable bonds is 7. The molecule has 0 aliphatic carbocycles. The number of aromatic nitrogens is 2. The highest BCUT2D eigenvalue weighted by Gasteiger charge is 2.10. The number of thiazole rings is 1. The summed E-state index contributed by atoms with van der Waals surface area (Å²) in [4.78, 5) is 27.8. The number of hydrogen-bond donors (Lipinski definition) is 2. The van der Waals surface area contributed by atoms with Crippen LogP contribution in [0.25, 0.3) is 0 Å². The Balaban J connectivity index is 0.00000338. The first-order chi connectivity index (χ1) is 12.1. The number of amides is 1. The zero-order chi connectivity index (χ0) is 18.1. The van der Waals surface area contributed by atoms with Crippen molar-refractivity contribution in [3.8, 4) is 0 Å². The summed E-state index contributed by atoms with van der Waals surface area (Å²) in [6.07, 6.45) is 4.34. The molecular weight excluding hydrogens is 463 g/mol. The van der Waals surface area contributed by atoms with E-state index in [4.69, 9.17) is 0 Å². The maximum absolute atomic E-state index is 12.2. The first-order valence-electron chi connectivity index (χ1n) is 8.08. The number of carbonyl (C=O) groups excluding carboxylic acids is 1. The Kier molecular flexibility index (Phi) is 10.1. The van der Waals surface area contributed by atoms with E-state index in [0.717, 1.165) is 17.1 Å². The lowest BCUT2D eigenvalue weighted by Crippen LogP contribution is -2.43. The van der Waals surface area contributed by atoms with Gasteiger partial charge in [-0.25, -0.2) is 4.98 Å². The summed E-state index contributed by atoms with van der Waals surface area (Å²) in [6.45, 7) is 3.42. The molecule has 0 aromatic carbocycles. The zero-order valence-corrected chi connectivity index (χ0v) is 18.4. The van der Waals surface area contributed by atoms with Crippen molar-refractivity contribution >= 4 is 47.2 Å². The molecule has 142 valence electrons. The van der Waals surface area contributed by atoms with Crippen LogP contribution in [0.1, 0.15) is 15.6 Å². The van der Waals surface area contributed by atoms with Crippen LogP contribution in [0.5, 0.6) is 0 Å². The molecule has 0 atom stereocenters. The first kappa shape index (κ1) is 22.3. The van der Waals surface area contributed by atoms with Crippen LogP contribution < -0.4 is 10.6 Å².